The van der Waals surface area contributed by atoms with E-state index in [9.17, 15) is 9.59 Å². The van der Waals surface area contributed by atoms with Crippen molar-refractivity contribution in [2.24, 2.45) is 11.1 Å². The first-order valence-electron chi connectivity index (χ1n) is 11.6. The molecule has 3 aromatic rings. The van der Waals surface area contributed by atoms with Gasteiger partial charge in [0.15, 0.2) is 5.78 Å². The van der Waals surface area contributed by atoms with E-state index >= 15 is 0 Å². The fourth-order valence-electron chi connectivity index (χ4n) is 4.71. The minimum atomic E-state index is -1.65. The molecule has 2 aliphatic rings. The Morgan fingerprint density at radius 2 is 1.72 bits per heavy atom. The molecule has 0 radical (unpaired) electrons. The zero-order chi connectivity index (χ0) is 25.4. The largest absolute Gasteiger partial charge is 0.497 e. The van der Waals surface area contributed by atoms with Crippen molar-refractivity contribution < 1.29 is 28.6 Å². The van der Waals surface area contributed by atoms with Crippen molar-refractivity contribution in [1.29, 1.82) is 0 Å². The van der Waals surface area contributed by atoms with Crippen LogP contribution in [0.4, 0.5) is 5.69 Å². The second-order valence-corrected chi connectivity index (χ2v) is 8.86. The van der Waals surface area contributed by atoms with Gasteiger partial charge >= 0.3 is 0 Å². The third-order valence-electron chi connectivity index (χ3n) is 6.34. The number of nitrogens with zero attached hydrogens (tertiary/aromatic N) is 1. The summed E-state index contributed by atoms with van der Waals surface area (Å²) in [6.45, 7) is 3.86. The fourth-order valence-corrected chi connectivity index (χ4v) is 4.71. The highest BCUT2D eigenvalue weighted by Crippen LogP contribution is 2.50. The number of hydrogen-bond donors (Lipinski definition) is 1. The van der Waals surface area contributed by atoms with E-state index in [2.05, 4.69) is 10.5 Å². The summed E-state index contributed by atoms with van der Waals surface area (Å²) < 4.78 is 16.6. The zero-order valence-electron chi connectivity index (χ0n) is 20.4. The van der Waals surface area contributed by atoms with Crippen LogP contribution in [0.15, 0.2) is 71.9 Å². The molecule has 8 heteroatoms. The van der Waals surface area contributed by atoms with Crippen LogP contribution >= 0.6 is 0 Å². The molecule has 1 N–H and O–H groups in total. The number of para-hydroxylation sites is 1. The van der Waals surface area contributed by atoms with Crippen molar-refractivity contribution in [3.8, 4) is 17.2 Å². The highest BCUT2D eigenvalue weighted by molar-refractivity contribution is 6.25. The molecule has 0 fully saturated rings. The molecule has 0 saturated carbocycles. The Bertz CT molecular complexity index is 1360. The predicted molar refractivity (Wildman–Crippen MR) is 134 cm³/mol. The summed E-state index contributed by atoms with van der Waals surface area (Å²) in [5.41, 5.74) is 0.720. The van der Waals surface area contributed by atoms with Gasteiger partial charge in [0.05, 0.1) is 20.3 Å². The van der Waals surface area contributed by atoms with Gasteiger partial charge in [0.25, 0.3) is 11.5 Å². The van der Waals surface area contributed by atoms with Crippen LogP contribution in [0.1, 0.15) is 35.3 Å². The number of amides is 1. The Morgan fingerprint density at radius 1 is 1.00 bits per heavy atom. The van der Waals surface area contributed by atoms with Gasteiger partial charge in [0.2, 0.25) is 0 Å². The molecule has 8 nitrogen and oxygen atoms in total. The first-order valence-corrected chi connectivity index (χ1v) is 11.6. The number of benzene rings is 3. The van der Waals surface area contributed by atoms with Crippen molar-refractivity contribution in [3.05, 3.63) is 83.4 Å². The van der Waals surface area contributed by atoms with Gasteiger partial charge in [-0.3, -0.25) is 9.59 Å². The van der Waals surface area contributed by atoms with E-state index in [1.54, 1.807) is 67.8 Å². The van der Waals surface area contributed by atoms with Crippen LogP contribution in [-0.4, -0.2) is 37.7 Å². The van der Waals surface area contributed by atoms with Gasteiger partial charge in [-0.1, -0.05) is 23.4 Å². The maximum absolute atomic E-state index is 14.2. The normalized spacial score (nSPS) is 20.0. The quantitative estimate of drug-likeness (QED) is 0.492. The van der Waals surface area contributed by atoms with E-state index < -0.39 is 17.4 Å². The molecule has 2 heterocycles. The summed E-state index contributed by atoms with van der Waals surface area (Å²) in [4.78, 5) is 33.6. The molecular weight excluding hydrogens is 460 g/mol. The Hall–Kier alpha value is -4.33. The van der Waals surface area contributed by atoms with E-state index in [4.69, 9.17) is 19.0 Å². The highest BCUT2D eigenvalue weighted by atomic mass is 16.7. The smallest absolute Gasteiger partial charge is 0.277 e. The standard InChI is InChI=1S/C28H26N2O6/c1-16(2)35-18-11-9-17(10-12-18)26(31)24-25(20-14-13-19(33-3)15-23(20)34-4)30-36-28(24)21-7-5-6-8-22(21)29-27(28)32/h5-16,24H,1-4H3,(H,29,32)/t24-,28-/m0/s1. The number of nitrogens with one attached hydrogen (secondary N) is 1. The van der Waals surface area contributed by atoms with Crippen LogP contribution in [0.5, 0.6) is 17.2 Å². The van der Waals surface area contributed by atoms with E-state index in [0.29, 0.717) is 45.3 Å². The molecule has 184 valence electrons. The molecular formula is C28H26N2O6. The molecule has 0 aromatic heterocycles. The fraction of sp³-hybridized carbons (Fsp3) is 0.250. The Morgan fingerprint density at radius 3 is 2.42 bits per heavy atom. The molecule has 0 aliphatic carbocycles. The predicted octanol–water partition coefficient (Wildman–Crippen LogP) is 4.57. The Labute approximate surface area is 208 Å². The van der Waals surface area contributed by atoms with Gasteiger partial charge in [-0.2, -0.15) is 0 Å². The van der Waals surface area contributed by atoms with E-state index in [0.717, 1.165) is 0 Å². The average Bonchev–Trinajstić information content (AvgIpc) is 3.42. The number of Topliss-reactive ketones (excluding diaryl/α,β-unsaturated/α-hetero) is 1. The molecule has 0 saturated heterocycles. The lowest BCUT2D eigenvalue weighted by Gasteiger charge is -2.27. The minimum absolute atomic E-state index is 0.00184. The van der Waals surface area contributed by atoms with Gasteiger partial charge in [-0.15, -0.1) is 0 Å². The van der Waals surface area contributed by atoms with Crippen molar-refractivity contribution in [3.63, 3.8) is 0 Å². The van der Waals surface area contributed by atoms with Crippen LogP contribution in [0.3, 0.4) is 0 Å². The second kappa shape index (κ2) is 9.03. The van der Waals surface area contributed by atoms with Gasteiger partial charge in [0.1, 0.15) is 28.9 Å². The number of anilines is 1. The maximum atomic E-state index is 14.2. The number of carbonyl (C=O) groups excluding carboxylic acids is 2. The van der Waals surface area contributed by atoms with Crippen LogP contribution < -0.4 is 19.5 Å². The SMILES string of the molecule is COc1ccc(C2=NO[C@]3(C(=O)Nc4ccccc43)[C@@H]2C(=O)c2ccc(OC(C)C)cc2)c(OC)c1. The number of fused-ring (bicyclic) bond motifs is 2. The molecule has 0 unspecified atom stereocenters. The van der Waals surface area contributed by atoms with E-state index in [-0.39, 0.29) is 11.9 Å². The lowest BCUT2D eigenvalue weighted by atomic mass is 9.74. The molecule has 0 bridgehead atoms. The molecule has 2 aliphatic heterocycles. The molecule has 1 amide bonds. The summed E-state index contributed by atoms with van der Waals surface area (Å²) in [5, 5.41) is 7.18. The van der Waals surface area contributed by atoms with Gasteiger partial charge in [-0.05, 0) is 56.3 Å². The van der Waals surface area contributed by atoms with E-state index in [1.165, 1.54) is 7.11 Å². The van der Waals surface area contributed by atoms with Crippen molar-refractivity contribution in [1.82, 2.24) is 0 Å². The zero-order valence-corrected chi connectivity index (χ0v) is 20.4. The van der Waals surface area contributed by atoms with E-state index in [1.807, 2.05) is 19.9 Å². The van der Waals surface area contributed by atoms with Crippen molar-refractivity contribution >= 4 is 23.1 Å². The number of oxime groups is 1. The summed E-state index contributed by atoms with van der Waals surface area (Å²) in [6.07, 6.45) is -0.00184. The average molecular weight is 487 g/mol. The first-order chi connectivity index (χ1) is 17.4. The van der Waals surface area contributed by atoms with Gasteiger partial charge in [0, 0.05) is 28.4 Å². The lowest BCUT2D eigenvalue weighted by Crippen LogP contribution is -2.46. The number of carbonyl (C=O) groups is 2. The molecule has 1 spiro atoms. The summed E-state index contributed by atoms with van der Waals surface area (Å²) in [6, 6.07) is 19.2. The number of rotatable bonds is 7. The highest BCUT2D eigenvalue weighted by Gasteiger charge is 2.63. The Balaban J connectivity index is 1.64. The third kappa shape index (κ3) is 3.66. The second-order valence-electron chi connectivity index (χ2n) is 8.86. The van der Waals surface area contributed by atoms with Gasteiger partial charge < -0.3 is 24.4 Å². The Kier molecular flexibility index (Phi) is 5.88. The lowest BCUT2D eigenvalue weighted by molar-refractivity contribution is -0.140. The van der Waals surface area contributed by atoms with Crippen LogP contribution in [0.25, 0.3) is 0 Å². The van der Waals surface area contributed by atoms with Gasteiger partial charge in [-0.25, -0.2) is 0 Å². The monoisotopic (exact) mass is 486 g/mol. The summed E-state index contributed by atoms with van der Waals surface area (Å²) >= 11 is 0. The number of ketones is 1. The summed E-state index contributed by atoms with van der Waals surface area (Å²) in [7, 11) is 3.07. The molecule has 3 aromatic carbocycles. The number of methoxy groups -OCH3 is 2. The first kappa shape index (κ1) is 23.4. The third-order valence-corrected chi connectivity index (χ3v) is 6.34. The van der Waals surface area contributed by atoms with Crippen molar-refractivity contribution in [2.45, 2.75) is 25.6 Å². The molecule has 5 rings (SSSR count). The van der Waals surface area contributed by atoms with Crippen molar-refractivity contribution in [2.75, 3.05) is 19.5 Å². The summed E-state index contributed by atoms with van der Waals surface area (Å²) in [5.74, 6) is -0.162. The maximum Gasteiger partial charge on any atom is 0.277 e. The molecule has 2 atom stereocenters. The van der Waals surface area contributed by atoms with Crippen LogP contribution in [0, 0.1) is 5.92 Å². The number of ether oxygens (including phenoxy) is 3. The van der Waals surface area contributed by atoms with Crippen LogP contribution in [0.2, 0.25) is 0 Å². The molecule has 36 heavy (non-hydrogen) atoms. The minimum Gasteiger partial charge on any atom is -0.497 e. The topological polar surface area (TPSA) is 95.5 Å². The number of hydrogen-bond acceptors (Lipinski definition) is 7. The van der Waals surface area contributed by atoms with Crippen LogP contribution in [-0.2, 0) is 15.2 Å².